The first-order valence-electron chi connectivity index (χ1n) is 22.7. The van der Waals surface area contributed by atoms with E-state index in [2.05, 4.69) is 276 Å². The van der Waals surface area contributed by atoms with Crippen LogP contribution in [0.25, 0.3) is 88.4 Å². The molecule has 12 rings (SSSR count). The smallest absolute Gasteiger partial charge is 0.0641 e. The quantitative estimate of drug-likeness (QED) is 0.132. The summed E-state index contributed by atoms with van der Waals surface area (Å²) < 4.78 is 4.87. The zero-order valence-electron chi connectivity index (χ0n) is 37.1. The van der Waals surface area contributed by atoms with Crippen LogP contribution >= 0.6 is 0 Å². The van der Waals surface area contributed by atoms with Crippen molar-refractivity contribution in [1.29, 1.82) is 0 Å². The summed E-state index contributed by atoms with van der Waals surface area (Å²) in [6.45, 7) is 6.72. The molecule has 0 radical (unpaired) electrons. The van der Waals surface area contributed by atoms with Crippen molar-refractivity contribution >= 4 is 60.7 Å². The number of para-hydroxylation sites is 3. The Kier molecular flexibility index (Phi) is 10.9. The average Bonchev–Trinajstić information content (AvgIpc) is 3.93. The molecule has 0 atom stereocenters. The summed E-state index contributed by atoms with van der Waals surface area (Å²) in [6.07, 6.45) is 3.28. The van der Waals surface area contributed by atoms with Crippen molar-refractivity contribution < 1.29 is 0 Å². The number of allylic oxidation sites excluding steroid dienone is 2. The molecule has 2 heterocycles. The minimum absolute atomic E-state index is 1.10. The number of benzene rings is 10. The van der Waals surface area contributed by atoms with Crippen LogP contribution in [0, 0.1) is 0 Å². The van der Waals surface area contributed by atoms with Crippen LogP contribution in [0.15, 0.2) is 274 Å². The number of hydrogen-bond acceptors (Lipinski definition) is 1. The van der Waals surface area contributed by atoms with Crippen LogP contribution in [0.3, 0.4) is 0 Å². The highest BCUT2D eigenvalue weighted by atomic mass is 15.1. The second-order valence-corrected chi connectivity index (χ2v) is 16.6. The lowest BCUT2D eigenvalue weighted by Gasteiger charge is -2.26. The molecule has 0 amide bonds. The Balaban J connectivity index is 0.00000119. The maximum atomic E-state index is 3.36. The van der Waals surface area contributed by atoms with Crippen molar-refractivity contribution in [2.45, 2.75) is 0 Å². The summed E-state index contributed by atoms with van der Waals surface area (Å²) >= 11 is 0. The Morgan fingerprint density at radius 1 is 0.284 bits per heavy atom. The molecule has 3 nitrogen and oxygen atoms in total. The van der Waals surface area contributed by atoms with Gasteiger partial charge in [0.2, 0.25) is 0 Å². The number of hydrogen-bond donors (Lipinski definition) is 0. The van der Waals surface area contributed by atoms with Gasteiger partial charge in [-0.3, -0.25) is 0 Å². The van der Waals surface area contributed by atoms with Crippen LogP contribution in [0.2, 0.25) is 0 Å². The van der Waals surface area contributed by atoms with Gasteiger partial charge in [-0.2, -0.15) is 0 Å². The molecule has 0 N–H and O–H groups in total. The fourth-order valence-corrected chi connectivity index (χ4v) is 9.55. The molecule has 318 valence electrons. The van der Waals surface area contributed by atoms with Gasteiger partial charge < -0.3 is 14.0 Å². The minimum atomic E-state index is 1.10. The predicted octanol–water partition coefficient (Wildman–Crippen LogP) is 17.7. The van der Waals surface area contributed by atoms with E-state index >= 15 is 0 Å². The molecular weight excluding hydrogens is 811 g/mol. The second-order valence-electron chi connectivity index (χ2n) is 16.6. The Hall–Kier alpha value is -8.92. The molecule has 0 saturated carbocycles. The molecule has 3 heteroatoms. The normalized spacial score (nSPS) is 11.1. The molecule has 10 aromatic carbocycles. The van der Waals surface area contributed by atoms with E-state index in [1.54, 1.807) is 12.2 Å². The van der Waals surface area contributed by atoms with Crippen molar-refractivity contribution in [3.8, 4) is 44.8 Å². The third kappa shape index (κ3) is 7.59. The largest absolute Gasteiger partial charge is 0.311 e. The lowest BCUT2D eigenvalue weighted by atomic mass is 10.0. The molecule has 0 bridgehead atoms. The zero-order chi connectivity index (χ0) is 45.1. The van der Waals surface area contributed by atoms with Gasteiger partial charge in [-0.05, 0) is 112 Å². The molecule has 0 saturated heterocycles. The van der Waals surface area contributed by atoms with Gasteiger partial charge >= 0.3 is 0 Å². The van der Waals surface area contributed by atoms with E-state index in [0.29, 0.717) is 0 Å². The fraction of sp³-hybridized carbons (Fsp3) is 0. The number of anilines is 3. The summed E-state index contributed by atoms with van der Waals surface area (Å²) in [4.78, 5) is 2.34. The van der Waals surface area contributed by atoms with Gasteiger partial charge in [0.1, 0.15) is 0 Å². The Morgan fingerprint density at radius 3 is 1.13 bits per heavy atom. The van der Waals surface area contributed by atoms with E-state index in [1.165, 1.54) is 77.0 Å². The minimum Gasteiger partial charge on any atom is -0.311 e. The van der Waals surface area contributed by atoms with Crippen molar-refractivity contribution in [3.05, 3.63) is 274 Å². The Labute approximate surface area is 391 Å². The molecule has 0 aliphatic carbocycles. The Bertz CT molecular complexity index is 3570. The van der Waals surface area contributed by atoms with Crippen molar-refractivity contribution in [1.82, 2.24) is 9.13 Å². The van der Waals surface area contributed by atoms with Gasteiger partial charge in [-0.1, -0.05) is 195 Å². The average molecular weight is 858 g/mol. The number of fused-ring (bicyclic) bond motifs is 7. The molecule has 0 spiro atoms. The topological polar surface area (TPSA) is 13.1 Å². The number of rotatable bonds is 9. The highest BCUT2D eigenvalue weighted by molar-refractivity contribution is 6.26. The first-order valence-corrected chi connectivity index (χ1v) is 22.7. The first kappa shape index (κ1) is 40.8. The maximum Gasteiger partial charge on any atom is 0.0641 e. The summed E-state index contributed by atoms with van der Waals surface area (Å²) in [5.74, 6) is 0. The summed E-state index contributed by atoms with van der Waals surface area (Å²) in [5, 5.41) is 5.01. The van der Waals surface area contributed by atoms with E-state index in [0.717, 1.165) is 28.4 Å². The molecule has 12 aromatic rings. The zero-order valence-corrected chi connectivity index (χ0v) is 37.1. The van der Waals surface area contributed by atoms with Gasteiger partial charge in [-0.15, -0.1) is 0 Å². The number of nitrogens with zero attached hydrogens (tertiary/aromatic N) is 3. The summed E-state index contributed by atoms with van der Waals surface area (Å²) in [5.41, 5.74) is 17.6. The number of aromatic nitrogens is 2. The van der Waals surface area contributed by atoms with Gasteiger partial charge in [0.15, 0.2) is 0 Å². The van der Waals surface area contributed by atoms with Gasteiger partial charge in [0.25, 0.3) is 0 Å². The van der Waals surface area contributed by atoms with Crippen molar-refractivity contribution in [2.24, 2.45) is 0 Å². The van der Waals surface area contributed by atoms with Gasteiger partial charge in [-0.25, -0.2) is 0 Å². The van der Waals surface area contributed by atoms with E-state index < -0.39 is 0 Å². The summed E-state index contributed by atoms with van der Waals surface area (Å²) in [7, 11) is 0. The van der Waals surface area contributed by atoms with Crippen molar-refractivity contribution in [3.63, 3.8) is 0 Å². The predicted molar refractivity (Wildman–Crippen MR) is 287 cm³/mol. The summed E-state index contributed by atoms with van der Waals surface area (Å²) in [6, 6.07) is 89.9. The molecule has 0 unspecified atom stereocenters. The fourth-order valence-electron chi connectivity index (χ4n) is 9.55. The second kappa shape index (κ2) is 17.9. The van der Waals surface area contributed by atoms with E-state index in [1.807, 2.05) is 0 Å². The van der Waals surface area contributed by atoms with Crippen molar-refractivity contribution in [2.75, 3.05) is 4.90 Å². The van der Waals surface area contributed by atoms with E-state index in [9.17, 15) is 0 Å². The molecule has 2 aromatic heterocycles. The third-order valence-corrected chi connectivity index (χ3v) is 12.7. The highest BCUT2D eigenvalue weighted by Crippen LogP contribution is 2.43. The van der Waals surface area contributed by atoms with Crippen LogP contribution in [0.4, 0.5) is 17.1 Å². The van der Waals surface area contributed by atoms with Crippen LogP contribution in [-0.2, 0) is 0 Å². The van der Waals surface area contributed by atoms with E-state index in [-0.39, 0.29) is 0 Å². The maximum absolute atomic E-state index is 3.36. The molecule has 0 aliphatic rings. The monoisotopic (exact) mass is 857 g/mol. The molecular formula is C64H47N3. The molecule has 0 fully saturated rings. The highest BCUT2D eigenvalue weighted by Gasteiger charge is 2.21. The first-order chi connectivity index (χ1) is 33.2. The van der Waals surface area contributed by atoms with Crippen LogP contribution in [-0.4, -0.2) is 9.13 Å². The molecule has 0 aliphatic heterocycles. The lowest BCUT2D eigenvalue weighted by Crippen LogP contribution is -2.09. The van der Waals surface area contributed by atoms with Crippen LogP contribution in [0.1, 0.15) is 0 Å². The standard InChI is InChI=1S/C60H41N3.C4H6/c1-4-14-42(15-5-1)44-24-32-49(33-25-44)61(50-34-26-45(27-35-50)43-16-6-2-7-17-43)51-36-28-46(29-37-51)47-30-38-52(39-31-47)63-56-22-12-10-20-53(56)54-40-41-58-59(60(54)63)55-21-11-13-23-57(55)62(58)48-18-8-3-9-19-48;1-3-4-2/h1-41H;3-4H,1-2H2. The van der Waals surface area contributed by atoms with Gasteiger partial charge in [0, 0.05) is 50.0 Å². The SMILES string of the molecule is C=CC=C.c1ccc(-c2ccc(N(c3ccc(-c4ccccc4)cc3)c3ccc(-c4ccc(-n5c6ccccc6c6ccc7c(c8ccccc8n7-c7ccccc7)c65)cc4)cc3)cc2)cc1. The van der Waals surface area contributed by atoms with Crippen LogP contribution < -0.4 is 4.90 Å². The molecule has 67 heavy (non-hydrogen) atoms. The van der Waals surface area contributed by atoms with Gasteiger partial charge in [0.05, 0.1) is 22.1 Å². The lowest BCUT2D eigenvalue weighted by molar-refractivity contribution is 1.17. The Morgan fingerprint density at radius 2 is 0.657 bits per heavy atom. The third-order valence-electron chi connectivity index (χ3n) is 12.7. The van der Waals surface area contributed by atoms with E-state index in [4.69, 9.17) is 0 Å². The van der Waals surface area contributed by atoms with Crippen LogP contribution in [0.5, 0.6) is 0 Å².